The van der Waals surface area contributed by atoms with Gasteiger partial charge in [0.25, 0.3) is 0 Å². The molecule has 0 atom stereocenters. The zero-order valence-electron chi connectivity index (χ0n) is 22.2. The number of ether oxygens (including phenoxy) is 3. The van der Waals surface area contributed by atoms with Crippen molar-refractivity contribution in [2.75, 3.05) is 26.4 Å². The Morgan fingerprint density at radius 3 is 2.28 bits per heavy atom. The van der Waals surface area contributed by atoms with E-state index in [0.29, 0.717) is 30.4 Å². The van der Waals surface area contributed by atoms with Crippen molar-refractivity contribution >= 4 is 0 Å². The van der Waals surface area contributed by atoms with E-state index in [1.807, 2.05) is 44.2 Å². The van der Waals surface area contributed by atoms with Crippen molar-refractivity contribution in [3.05, 3.63) is 53.8 Å². The van der Waals surface area contributed by atoms with Crippen LogP contribution in [0.15, 0.2) is 42.5 Å². The van der Waals surface area contributed by atoms with Crippen LogP contribution in [-0.4, -0.2) is 37.3 Å². The topological polar surface area (TPSA) is 47.9 Å². The summed E-state index contributed by atoms with van der Waals surface area (Å²) in [5.74, 6) is 1.20. The number of rotatable bonds is 10. The largest absolute Gasteiger partial charge is 0.493 e. The fourth-order valence-electron chi connectivity index (χ4n) is 5.41. The molecule has 198 valence electrons. The maximum Gasteiger partial charge on any atom is 0.162 e. The van der Waals surface area contributed by atoms with Crippen LogP contribution in [0.25, 0.3) is 11.1 Å². The third-order valence-electron chi connectivity index (χ3n) is 8.02. The van der Waals surface area contributed by atoms with Gasteiger partial charge in [-0.3, -0.25) is 0 Å². The number of halogens is 1. The van der Waals surface area contributed by atoms with E-state index in [0.717, 1.165) is 17.0 Å². The SMILES string of the molecule is CCCCCC1CCC(c2ccc(-c3ccc(OCC4(CO)COC(C)(C)OC4)cc3)c(F)c2)CC1. The number of benzene rings is 2. The monoisotopic (exact) mass is 498 g/mol. The average molecular weight is 499 g/mol. The molecule has 0 bridgehead atoms. The molecule has 2 aromatic carbocycles. The van der Waals surface area contributed by atoms with Crippen LogP contribution in [-0.2, 0) is 9.47 Å². The predicted molar refractivity (Wildman–Crippen MR) is 142 cm³/mol. The van der Waals surface area contributed by atoms with E-state index in [2.05, 4.69) is 13.0 Å². The summed E-state index contributed by atoms with van der Waals surface area (Å²) in [5.41, 5.74) is 1.98. The Labute approximate surface area is 216 Å². The molecule has 0 spiro atoms. The molecule has 0 radical (unpaired) electrons. The molecule has 1 saturated carbocycles. The molecule has 1 saturated heterocycles. The van der Waals surface area contributed by atoms with Crippen LogP contribution < -0.4 is 4.74 Å². The summed E-state index contributed by atoms with van der Waals surface area (Å²) in [4.78, 5) is 0. The second-order valence-electron chi connectivity index (χ2n) is 11.4. The highest BCUT2D eigenvalue weighted by atomic mass is 19.1. The van der Waals surface area contributed by atoms with Crippen LogP contribution in [0.2, 0.25) is 0 Å². The molecular weight excluding hydrogens is 455 g/mol. The molecule has 0 unspecified atom stereocenters. The quantitative estimate of drug-likeness (QED) is 0.345. The maximum absolute atomic E-state index is 15.1. The van der Waals surface area contributed by atoms with Gasteiger partial charge < -0.3 is 19.3 Å². The van der Waals surface area contributed by atoms with Crippen molar-refractivity contribution < 1.29 is 23.7 Å². The van der Waals surface area contributed by atoms with E-state index in [4.69, 9.17) is 14.2 Å². The molecular formula is C31H43FO4. The molecule has 1 heterocycles. The molecule has 2 aliphatic rings. The van der Waals surface area contributed by atoms with Gasteiger partial charge in [0, 0.05) is 5.56 Å². The predicted octanol–water partition coefficient (Wildman–Crippen LogP) is 7.49. The van der Waals surface area contributed by atoms with Crippen LogP contribution in [0.5, 0.6) is 5.75 Å². The van der Waals surface area contributed by atoms with E-state index < -0.39 is 11.2 Å². The van der Waals surface area contributed by atoms with Crippen LogP contribution >= 0.6 is 0 Å². The van der Waals surface area contributed by atoms with Crippen molar-refractivity contribution in [1.29, 1.82) is 0 Å². The van der Waals surface area contributed by atoms with Crippen LogP contribution in [0.3, 0.4) is 0 Å². The Balaban J connectivity index is 1.32. The van der Waals surface area contributed by atoms with E-state index in [1.165, 1.54) is 51.4 Å². The molecule has 0 amide bonds. The fourth-order valence-corrected chi connectivity index (χ4v) is 5.41. The number of aliphatic hydroxyl groups is 1. The van der Waals surface area contributed by atoms with Gasteiger partial charge in [0.1, 0.15) is 18.2 Å². The Kier molecular flexibility index (Phi) is 9.08. The van der Waals surface area contributed by atoms with Gasteiger partial charge in [-0.1, -0.05) is 56.9 Å². The average Bonchev–Trinajstić information content (AvgIpc) is 2.89. The van der Waals surface area contributed by atoms with Crippen molar-refractivity contribution in [1.82, 2.24) is 0 Å². The van der Waals surface area contributed by atoms with Gasteiger partial charge in [-0.15, -0.1) is 0 Å². The smallest absolute Gasteiger partial charge is 0.162 e. The maximum atomic E-state index is 15.1. The number of hydrogen-bond donors (Lipinski definition) is 1. The van der Waals surface area contributed by atoms with Gasteiger partial charge in [-0.25, -0.2) is 4.39 Å². The van der Waals surface area contributed by atoms with Gasteiger partial charge in [0.15, 0.2) is 5.79 Å². The lowest BCUT2D eigenvalue weighted by atomic mass is 9.77. The first kappa shape index (κ1) is 27.1. The minimum atomic E-state index is -0.645. The van der Waals surface area contributed by atoms with E-state index >= 15 is 4.39 Å². The van der Waals surface area contributed by atoms with Crippen molar-refractivity contribution in [3.8, 4) is 16.9 Å². The molecule has 2 fully saturated rings. The van der Waals surface area contributed by atoms with Gasteiger partial charge in [-0.2, -0.15) is 0 Å². The molecule has 1 aliphatic heterocycles. The molecule has 2 aromatic rings. The zero-order valence-corrected chi connectivity index (χ0v) is 22.2. The van der Waals surface area contributed by atoms with Crippen LogP contribution in [0.4, 0.5) is 4.39 Å². The van der Waals surface area contributed by atoms with Gasteiger partial charge in [0.2, 0.25) is 0 Å². The number of unbranched alkanes of at least 4 members (excludes halogenated alkanes) is 2. The fraction of sp³-hybridized carbons (Fsp3) is 0.613. The number of hydrogen-bond acceptors (Lipinski definition) is 4. The summed E-state index contributed by atoms with van der Waals surface area (Å²) in [5, 5.41) is 9.90. The van der Waals surface area contributed by atoms with Crippen LogP contribution in [0.1, 0.15) is 83.6 Å². The Hall–Kier alpha value is -1.95. The first-order valence-electron chi connectivity index (χ1n) is 13.7. The summed E-state index contributed by atoms with van der Waals surface area (Å²) in [6.07, 6.45) is 10.2. The third kappa shape index (κ3) is 6.87. The molecule has 5 heteroatoms. The summed E-state index contributed by atoms with van der Waals surface area (Å²) >= 11 is 0. The minimum Gasteiger partial charge on any atom is -0.493 e. The molecule has 1 N–H and O–H groups in total. The highest BCUT2D eigenvalue weighted by Gasteiger charge is 2.40. The molecule has 36 heavy (non-hydrogen) atoms. The van der Waals surface area contributed by atoms with E-state index in [9.17, 15) is 5.11 Å². The third-order valence-corrected chi connectivity index (χ3v) is 8.02. The summed E-state index contributed by atoms with van der Waals surface area (Å²) in [7, 11) is 0. The van der Waals surface area contributed by atoms with Gasteiger partial charge >= 0.3 is 0 Å². The number of aliphatic hydroxyl groups excluding tert-OH is 1. The Morgan fingerprint density at radius 1 is 0.972 bits per heavy atom. The molecule has 4 nitrogen and oxygen atoms in total. The van der Waals surface area contributed by atoms with Crippen molar-refractivity contribution in [3.63, 3.8) is 0 Å². The summed E-state index contributed by atoms with van der Waals surface area (Å²) in [6, 6.07) is 13.3. The van der Waals surface area contributed by atoms with E-state index in [1.54, 1.807) is 6.07 Å². The van der Waals surface area contributed by atoms with Crippen molar-refractivity contribution in [2.45, 2.75) is 83.8 Å². The second kappa shape index (κ2) is 12.1. The summed E-state index contributed by atoms with van der Waals surface area (Å²) in [6.45, 7) is 6.91. The summed E-state index contributed by atoms with van der Waals surface area (Å²) < 4.78 is 32.5. The van der Waals surface area contributed by atoms with Crippen LogP contribution in [0, 0.1) is 17.2 Å². The zero-order chi connectivity index (χ0) is 25.6. The molecule has 1 aliphatic carbocycles. The van der Waals surface area contributed by atoms with Gasteiger partial charge in [-0.05, 0) is 80.7 Å². The van der Waals surface area contributed by atoms with Crippen molar-refractivity contribution in [2.24, 2.45) is 11.3 Å². The normalized spacial score (nSPS) is 23.4. The highest BCUT2D eigenvalue weighted by Crippen LogP contribution is 2.39. The molecule has 0 aromatic heterocycles. The minimum absolute atomic E-state index is 0.0841. The second-order valence-corrected chi connectivity index (χ2v) is 11.4. The highest BCUT2D eigenvalue weighted by molar-refractivity contribution is 5.65. The Morgan fingerprint density at radius 2 is 1.67 bits per heavy atom. The molecule has 4 rings (SSSR count). The Bertz CT molecular complexity index is 953. The lowest BCUT2D eigenvalue weighted by Gasteiger charge is -2.42. The first-order chi connectivity index (χ1) is 17.3. The lowest BCUT2D eigenvalue weighted by Crippen LogP contribution is -2.51. The van der Waals surface area contributed by atoms with E-state index in [-0.39, 0.29) is 19.0 Å². The lowest BCUT2D eigenvalue weighted by molar-refractivity contribution is -0.293. The first-order valence-corrected chi connectivity index (χ1v) is 13.7. The standard InChI is InChI=1S/C31H43FO4/c1-4-5-6-7-23-8-10-24(11-9-23)26-14-17-28(29(32)18-26)25-12-15-27(16-13-25)34-20-31(19-33)21-35-30(2,3)36-22-31/h12-18,23-24,33H,4-11,19-22H2,1-3H3. The van der Waals surface area contributed by atoms with Gasteiger partial charge in [0.05, 0.1) is 25.2 Å².